The minimum Gasteiger partial charge on any atom is -0.478 e. The maximum Gasteiger partial charge on any atom is 0.355 e. The minimum absolute atomic E-state index is 0.0193. The van der Waals surface area contributed by atoms with E-state index in [2.05, 4.69) is 4.98 Å². The van der Waals surface area contributed by atoms with E-state index in [-0.39, 0.29) is 60.4 Å². The third-order valence-electron chi connectivity index (χ3n) is 15.7. The zero-order chi connectivity index (χ0) is 57.3. The molecule has 2 bridgehead atoms. The van der Waals surface area contributed by atoms with Gasteiger partial charge in [-0.25, -0.2) is 19.4 Å². The van der Waals surface area contributed by atoms with Crippen LogP contribution < -0.4 is 0 Å². The molecule has 0 radical (unpaired) electrons. The van der Waals surface area contributed by atoms with Gasteiger partial charge in [0.15, 0.2) is 11.5 Å². The Morgan fingerprint density at radius 3 is 2.21 bits per heavy atom. The quantitative estimate of drug-likeness (QED) is 0.103. The molecule has 428 valence electrons. The van der Waals surface area contributed by atoms with E-state index in [1.807, 2.05) is 58.1 Å². The number of cyclic esters (lactones) is 1. The number of ether oxygens (including phenoxy) is 5. The fourth-order valence-corrected chi connectivity index (χ4v) is 10.9. The normalized spacial score (nSPS) is 34.5. The van der Waals surface area contributed by atoms with Crippen LogP contribution in [-0.2, 0) is 47.7 Å². The van der Waals surface area contributed by atoms with Crippen LogP contribution in [0.25, 0.3) is 0 Å². The van der Waals surface area contributed by atoms with Gasteiger partial charge in [0.1, 0.15) is 30.1 Å². The molecule has 1 aliphatic carbocycles. The highest BCUT2D eigenvalue weighted by Gasteiger charge is 2.53. The largest absolute Gasteiger partial charge is 0.478 e. The van der Waals surface area contributed by atoms with E-state index in [9.17, 15) is 48.9 Å². The molecule has 77 heavy (non-hydrogen) atoms. The topological polar surface area (TPSA) is 283 Å². The van der Waals surface area contributed by atoms with Crippen molar-refractivity contribution in [3.63, 3.8) is 0 Å². The van der Waals surface area contributed by atoms with Crippen molar-refractivity contribution in [2.45, 2.75) is 180 Å². The van der Waals surface area contributed by atoms with Crippen molar-refractivity contribution in [1.29, 1.82) is 0 Å². The molecule has 19 nitrogen and oxygen atoms in total. The van der Waals surface area contributed by atoms with E-state index in [0.29, 0.717) is 63.4 Å². The molecule has 0 unspecified atom stereocenters. The van der Waals surface area contributed by atoms with Gasteiger partial charge in [-0.1, -0.05) is 71.1 Å². The summed E-state index contributed by atoms with van der Waals surface area (Å²) in [6, 6.07) is 1.42. The number of carbonyl (C=O) groups excluding carboxylic acids is 5. The number of pyridine rings is 1. The second-order valence-corrected chi connectivity index (χ2v) is 21.6. The highest BCUT2D eigenvalue weighted by atomic mass is 16.6. The average molecular weight is 1080 g/mol. The number of aliphatic hydroxyl groups excluding tert-OH is 2. The molecule has 1 aromatic heterocycles. The van der Waals surface area contributed by atoms with Crippen molar-refractivity contribution in [3.05, 3.63) is 77.2 Å². The molecule has 0 aromatic carbocycles. The Hall–Kier alpha value is -5.28. The molecule has 15 atom stereocenters. The standard InChI is InChI=1S/C51H79NO13.C7H5NO4/c1-30-16-12-11-13-17-31(2)42(61-8)28-38-21-19-36(7)51(60,65-38)48(57)49(58)52-23-15-14-18-39(52)50(59)64-43(33(4)26-37-20-22-40(53)44(27-37)62-9)29-41(54)32(3)25-35(6)46(56)47(63-10)45(55)34(5)24-30;9-6(10)4-2-1-3-8-5(4)7(11)12/h11-13,16-17,25,30,32-34,36-40,42-44,46-47,53,56,60H,14-15,18-24,26-29H2,1-10H3;1-3H,(H,9,10)(H,11,12)/b13-11?,16-12+,31-17?,35-25+;/t30-,32-,33-,34-,36-,37+,38+,39+,40-,42+,43+,44-,46-,47+,51-;/m1./s1. The van der Waals surface area contributed by atoms with Crippen molar-refractivity contribution in [2.24, 2.45) is 35.5 Å². The first-order valence-corrected chi connectivity index (χ1v) is 27.0. The Kier molecular flexibility index (Phi) is 25.2. The molecule has 0 spiro atoms. The summed E-state index contributed by atoms with van der Waals surface area (Å²) in [4.78, 5) is 96.0. The van der Waals surface area contributed by atoms with Crippen molar-refractivity contribution < 1.29 is 82.8 Å². The number of carbonyl (C=O) groups is 7. The molecule has 1 amide bonds. The van der Waals surface area contributed by atoms with Crippen LogP contribution in [-0.4, -0.2) is 159 Å². The summed E-state index contributed by atoms with van der Waals surface area (Å²) in [6.07, 6.45) is 12.4. The first-order chi connectivity index (χ1) is 36.4. The number of aromatic carboxylic acids is 2. The van der Waals surface area contributed by atoms with Gasteiger partial charge in [-0.3, -0.25) is 19.2 Å². The number of hydrogen-bond acceptors (Lipinski definition) is 16. The second kappa shape index (κ2) is 30.2. The van der Waals surface area contributed by atoms with Gasteiger partial charge in [0.2, 0.25) is 5.79 Å². The second-order valence-electron chi connectivity index (χ2n) is 21.6. The number of Topliss-reactive ketones (excluding diaryl/α,β-unsaturated/α-hetero) is 3. The predicted molar refractivity (Wildman–Crippen MR) is 283 cm³/mol. The third-order valence-corrected chi connectivity index (χ3v) is 15.7. The number of carboxylic acids is 2. The Labute approximate surface area is 453 Å². The van der Waals surface area contributed by atoms with Crippen LogP contribution in [0.3, 0.4) is 0 Å². The van der Waals surface area contributed by atoms with Crippen LogP contribution >= 0.6 is 0 Å². The maximum absolute atomic E-state index is 14.4. The zero-order valence-electron chi connectivity index (χ0n) is 46.5. The molecular weight excluding hydrogens is 997 g/mol. The summed E-state index contributed by atoms with van der Waals surface area (Å²) < 4.78 is 29.4. The molecule has 4 heterocycles. The van der Waals surface area contributed by atoms with E-state index in [4.69, 9.17) is 33.9 Å². The summed E-state index contributed by atoms with van der Waals surface area (Å²) in [6.45, 7) is 12.7. The van der Waals surface area contributed by atoms with Gasteiger partial charge in [-0.15, -0.1) is 0 Å². The summed E-state index contributed by atoms with van der Waals surface area (Å²) >= 11 is 0. The number of fused-ring (bicyclic) bond motifs is 3. The molecule has 1 aromatic rings. The molecule has 3 fully saturated rings. The number of nitrogens with zero attached hydrogens (tertiary/aromatic N) is 2. The van der Waals surface area contributed by atoms with Crippen LogP contribution in [0.2, 0.25) is 0 Å². The Morgan fingerprint density at radius 1 is 0.857 bits per heavy atom. The van der Waals surface area contributed by atoms with E-state index < -0.39 is 101 Å². The highest BCUT2D eigenvalue weighted by Crippen LogP contribution is 2.38. The van der Waals surface area contributed by atoms with Crippen LogP contribution in [0.4, 0.5) is 0 Å². The van der Waals surface area contributed by atoms with Crippen LogP contribution in [0.15, 0.2) is 65.9 Å². The Bertz CT molecular complexity index is 2300. The lowest BCUT2D eigenvalue weighted by atomic mass is 9.78. The minimum atomic E-state index is -2.43. The number of aliphatic hydroxyl groups is 3. The molecule has 2 saturated heterocycles. The Morgan fingerprint density at radius 2 is 1.57 bits per heavy atom. The number of methoxy groups -OCH3 is 3. The number of rotatable bonds is 8. The van der Waals surface area contributed by atoms with Gasteiger partial charge in [0, 0.05) is 64.7 Å². The number of aromatic nitrogens is 1. The Balaban J connectivity index is 0.000000936. The van der Waals surface area contributed by atoms with E-state index in [0.717, 1.165) is 12.0 Å². The fraction of sp³-hybridized carbons (Fsp3) is 0.655. The van der Waals surface area contributed by atoms with E-state index in [1.54, 1.807) is 41.1 Å². The average Bonchev–Trinajstić information content (AvgIpc) is 3.40. The van der Waals surface area contributed by atoms with Crippen LogP contribution in [0.5, 0.6) is 0 Å². The molecule has 5 rings (SSSR count). The first kappa shape index (κ1) is 64.2. The van der Waals surface area contributed by atoms with Crippen molar-refractivity contribution >= 4 is 41.2 Å². The smallest absolute Gasteiger partial charge is 0.355 e. The van der Waals surface area contributed by atoms with Crippen molar-refractivity contribution in [1.82, 2.24) is 9.88 Å². The lowest BCUT2D eigenvalue weighted by molar-refractivity contribution is -0.265. The van der Waals surface area contributed by atoms with E-state index in [1.165, 1.54) is 30.3 Å². The van der Waals surface area contributed by atoms with Gasteiger partial charge in [-0.05, 0) is 119 Å². The lowest BCUT2D eigenvalue weighted by Crippen LogP contribution is -2.61. The molecule has 4 aliphatic rings. The number of piperidine rings is 1. The predicted octanol–water partition coefficient (Wildman–Crippen LogP) is 6.66. The molecule has 5 N–H and O–H groups in total. The van der Waals surface area contributed by atoms with Gasteiger partial charge >= 0.3 is 17.9 Å². The van der Waals surface area contributed by atoms with Crippen molar-refractivity contribution in [3.8, 4) is 0 Å². The van der Waals surface area contributed by atoms with Gasteiger partial charge in [0.25, 0.3) is 11.7 Å². The third kappa shape index (κ3) is 17.6. The monoisotopic (exact) mass is 1080 g/mol. The number of hydrogen-bond donors (Lipinski definition) is 5. The van der Waals surface area contributed by atoms with Crippen molar-refractivity contribution in [2.75, 3.05) is 27.9 Å². The highest BCUT2D eigenvalue weighted by molar-refractivity contribution is 6.39. The zero-order valence-corrected chi connectivity index (χ0v) is 46.5. The number of allylic oxidation sites excluding steroid dienone is 6. The number of carboxylic acid groups (broad SMARTS) is 2. The number of ketones is 3. The fourth-order valence-electron chi connectivity index (χ4n) is 10.9. The molecule has 1 saturated carbocycles. The first-order valence-electron chi connectivity index (χ1n) is 27.0. The van der Waals surface area contributed by atoms with E-state index >= 15 is 0 Å². The number of esters is 1. The van der Waals surface area contributed by atoms with Gasteiger partial charge < -0.3 is 54.1 Å². The molecule has 3 aliphatic heterocycles. The number of amides is 1. The summed E-state index contributed by atoms with van der Waals surface area (Å²) in [5.74, 6) is -10.6. The van der Waals surface area contributed by atoms with Gasteiger partial charge in [0.05, 0.1) is 30.0 Å². The van der Waals surface area contributed by atoms with Crippen LogP contribution in [0.1, 0.15) is 146 Å². The van der Waals surface area contributed by atoms with Gasteiger partial charge in [-0.2, -0.15) is 0 Å². The summed E-state index contributed by atoms with van der Waals surface area (Å²) in [5.41, 5.74) is 0.526. The molecular formula is C58H84N2O17. The maximum atomic E-state index is 14.4. The summed E-state index contributed by atoms with van der Waals surface area (Å²) in [7, 11) is 4.52. The van der Waals surface area contributed by atoms with Crippen LogP contribution in [0, 0.1) is 35.5 Å². The summed E-state index contributed by atoms with van der Waals surface area (Å²) in [5, 5.41) is 50.8. The lowest BCUT2D eigenvalue weighted by Gasteiger charge is -2.42. The SMILES string of the molecule is CO[C@H]1C[C@@H]2CC[C@@H](C)[C@@](O)(O2)C(=O)C(=O)N2CCCC[C@H]2C(=O)O[C@H]([C@H](C)C[C@@H]2CC[C@@H](O)[C@H](OC)C2)CC(=O)[C@H](C)/C=C(\C)[C@@H](O)[C@@H](OC)C(=O)[C@H](C)C[C@H](C)/C=C/C=CC=C1C.O=C(O)c1cccnc1C(=O)O. The molecule has 19 heteroatoms.